The normalized spacial score (nSPS) is 15.3. The second-order valence-electron chi connectivity index (χ2n) is 5.48. The van der Waals surface area contributed by atoms with Crippen molar-refractivity contribution in [3.63, 3.8) is 0 Å². The van der Waals surface area contributed by atoms with Crippen molar-refractivity contribution < 1.29 is 22.7 Å². The van der Waals surface area contributed by atoms with Gasteiger partial charge in [0.05, 0.1) is 6.04 Å². The van der Waals surface area contributed by atoms with Gasteiger partial charge < -0.3 is 9.64 Å². The summed E-state index contributed by atoms with van der Waals surface area (Å²) < 4.78 is 40.9. The van der Waals surface area contributed by atoms with Crippen LogP contribution in [0.2, 0.25) is 0 Å². The van der Waals surface area contributed by atoms with Gasteiger partial charge in [-0.15, -0.1) is 0 Å². The molecule has 2 aromatic rings. The third-order valence-electron chi connectivity index (χ3n) is 3.83. The molecule has 1 atom stereocenters. The monoisotopic (exact) mass is 337 g/mol. The van der Waals surface area contributed by atoms with E-state index in [9.17, 15) is 18.0 Å². The smallest absolute Gasteiger partial charge is 0.422 e. The van der Waals surface area contributed by atoms with E-state index in [1.54, 1.807) is 29.4 Å². The first kappa shape index (κ1) is 16.2. The minimum Gasteiger partial charge on any atom is -0.468 e. The van der Waals surface area contributed by atoms with E-state index in [0.717, 1.165) is 5.56 Å². The van der Waals surface area contributed by atoms with Crippen molar-refractivity contribution >= 4 is 5.91 Å². The molecule has 8 heteroatoms. The van der Waals surface area contributed by atoms with Gasteiger partial charge in [-0.3, -0.25) is 9.78 Å². The molecule has 5 nitrogen and oxygen atoms in total. The number of alkyl halides is 3. The topological polar surface area (TPSA) is 55.3 Å². The molecule has 0 bridgehead atoms. The third kappa shape index (κ3) is 3.32. The summed E-state index contributed by atoms with van der Waals surface area (Å²) in [6.45, 7) is 0.891. The summed E-state index contributed by atoms with van der Waals surface area (Å²) in [6.07, 6.45) is 0.242. The molecular weight excluding hydrogens is 323 g/mol. The van der Waals surface area contributed by atoms with Crippen LogP contribution in [0.5, 0.6) is 5.88 Å². The van der Waals surface area contributed by atoms with Crippen molar-refractivity contribution in [2.75, 3.05) is 6.61 Å². The number of fused-ring (bicyclic) bond motifs is 1. The molecule has 3 heterocycles. The zero-order valence-corrected chi connectivity index (χ0v) is 12.7. The molecule has 0 N–H and O–H groups in total. The Morgan fingerprint density at radius 1 is 1.29 bits per heavy atom. The van der Waals surface area contributed by atoms with Crippen LogP contribution >= 0.6 is 0 Å². The molecule has 0 saturated heterocycles. The Morgan fingerprint density at radius 3 is 2.71 bits per heavy atom. The third-order valence-corrected chi connectivity index (χ3v) is 3.83. The summed E-state index contributed by atoms with van der Waals surface area (Å²) in [7, 11) is 0. The van der Waals surface area contributed by atoms with Gasteiger partial charge >= 0.3 is 6.18 Å². The molecule has 0 fully saturated rings. The van der Waals surface area contributed by atoms with Gasteiger partial charge in [-0.1, -0.05) is 6.07 Å². The highest BCUT2D eigenvalue weighted by atomic mass is 19.4. The standard InChI is InChI=1S/C16H14F3N3O2/c1-10(22-8-12-6-20-5-4-13(12)15(22)23)11-2-3-14(21-7-11)24-9-16(17,18)19/h2-7,10H,8-9H2,1H3. The number of halogens is 3. The van der Waals surface area contributed by atoms with E-state index >= 15 is 0 Å². The van der Waals surface area contributed by atoms with Crippen molar-refractivity contribution in [1.29, 1.82) is 0 Å². The molecule has 0 saturated carbocycles. The number of hydrogen-bond donors (Lipinski definition) is 0. The van der Waals surface area contributed by atoms with Crippen LogP contribution in [0.25, 0.3) is 0 Å². The van der Waals surface area contributed by atoms with Crippen LogP contribution in [0, 0.1) is 0 Å². The predicted octanol–water partition coefficient (Wildman–Crippen LogP) is 3.13. The first-order chi connectivity index (χ1) is 11.3. The zero-order chi connectivity index (χ0) is 17.3. The Bertz CT molecular complexity index is 747. The Morgan fingerprint density at radius 2 is 2.08 bits per heavy atom. The van der Waals surface area contributed by atoms with Crippen LogP contribution in [0.1, 0.15) is 34.5 Å². The molecule has 0 aliphatic carbocycles. The van der Waals surface area contributed by atoms with Crippen LogP contribution in [0.3, 0.4) is 0 Å². The van der Waals surface area contributed by atoms with Crippen molar-refractivity contribution in [2.45, 2.75) is 25.7 Å². The summed E-state index contributed by atoms with van der Waals surface area (Å²) in [5.74, 6) is -0.208. The molecule has 3 rings (SSSR count). The Kier molecular flexibility index (Phi) is 4.13. The minimum absolute atomic E-state index is 0.0997. The predicted molar refractivity (Wildman–Crippen MR) is 78.3 cm³/mol. The Labute approximate surface area is 136 Å². The van der Waals surface area contributed by atoms with E-state index in [0.29, 0.717) is 17.7 Å². The number of rotatable bonds is 4. The van der Waals surface area contributed by atoms with Crippen LogP contribution < -0.4 is 4.74 Å². The molecule has 1 aliphatic rings. The second kappa shape index (κ2) is 6.10. The first-order valence-electron chi connectivity index (χ1n) is 7.24. The number of ether oxygens (including phenoxy) is 1. The highest BCUT2D eigenvalue weighted by Gasteiger charge is 2.32. The van der Waals surface area contributed by atoms with E-state index < -0.39 is 12.8 Å². The van der Waals surface area contributed by atoms with Crippen molar-refractivity contribution in [3.8, 4) is 5.88 Å². The van der Waals surface area contributed by atoms with E-state index in [2.05, 4.69) is 14.7 Å². The molecule has 24 heavy (non-hydrogen) atoms. The van der Waals surface area contributed by atoms with Gasteiger partial charge in [-0.25, -0.2) is 4.98 Å². The van der Waals surface area contributed by atoms with Gasteiger partial charge in [0.1, 0.15) is 0 Å². The number of carbonyl (C=O) groups excluding carboxylic acids is 1. The number of carbonyl (C=O) groups is 1. The minimum atomic E-state index is -4.41. The summed E-state index contributed by atoms with van der Waals surface area (Å²) in [5, 5.41) is 0. The highest BCUT2D eigenvalue weighted by Crippen LogP contribution is 2.30. The van der Waals surface area contributed by atoms with Crippen molar-refractivity contribution in [2.24, 2.45) is 0 Å². The molecule has 126 valence electrons. The fourth-order valence-electron chi connectivity index (χ4n) is 2.54. The number of aromatic nitrogens is 2. The lowest BCUT2D eigenvalue weighted by Gasteiger charge is -2.24. The molecule has 0 spiro atoms. The summed E-state index contributed by atoms with van der Waals surface area (Å²) in [6, 6.07) is 4.38. The summed E-state index contributed by atoms with van der Waals surface area (Å²) in [4.78, 5) is 22.0. The van der Waals surface area contributed by atoms with E-state index in [4.69, 9.17) is 0 Å². The number of nitrogens with zero attached hydrogens (tertiary/aromatic N) is 3. The Balaban J connectivity index is 1.70. The fourth-order valence-corrected chi connectivity index (χ4v) is 2.54. The molecular formula is C16H14F3N3O2. The molecule has 1 amide bonds. The summed E-state index contributed by atoms with van der Waals surface area (Å²) in [5.41, 5.74) is 2.19. The highest BCUT2D eigenvalue weighted by molar-refractivity contribution is 5.98. The zero-order valence-electron chi connectivity index (χ0n) is 12.7. The van der Waals surface area contributed by atoms with Crippen molar-refractivity contribution in [3.05, 3.63) is 53.5 Å². The van der Waals surface area contributed by atoms with Gasteiger partial charge in [0.15, 0.2) is 6.61 Å². The van der Waals surface area contributed by atoms with Gasteiger partial charge in [0, 0.05) is 42.3 Å². The maximum atomic E-state index is 12.4. The van der Waals surface area contributed by atoms with Gasteiger partial charge in [-0.05, 0) is 18.6 Å². The lowest BCUT2D eigenvalue weighted by molar-refractivity contribution is -0.154. The maximum absolute atomic E-state index is 12.4. The lowest BCUT2D eigenvalue weighted by Crippen LogP contribution is -2.27. The number of hydrogen-bond acceptors (Lipinski definition) is 4. The van der Waals surface area contributed by atoms with Crippen LogP contribution in [0.4, 0.5) is 13.2 Å². The molecule has 1 aliphatic heterocycles. The molecule has 0 radical (unpaired) electrons. The molecule has 2 aromatic heterocycles. The molecule has 0 aromatic carbocycles. The average molecular weight is 337 g/mol. The first-order valence-corrected chi connectivity index (χ1v) is 7.24. The molecule has 1 unspecified atom stereocenters. The SMILES string of the molecule is CC(c1ccc(OCC(F)(F)F)nc1)N1Cc2cnccc2C1=O. The second-order valence-corrected chi connectivity index (χ2v) is 5.48. The van der Waals surface area contributed by atoms with Crippen LogP contribution in [0.15, 0.2) is 36.8 Å². The van der Waals surface area contributed by atoms with E-state index in [-0.39, 0.29) is 17.8 Å². The Hall–Kier alpha value is -2.64. The average Bonchev–Trinajstić information content (AvgIpc) is 2.89. The largest absolute Gasteiger partial charge is 0.468 e. The van der Waals surface area contributed by atoms with Crippen molar-refractivity contribution in [1.82, 2.24) is 14.9 Å². The summed E-state index contributed by atoms with van der Waals surface area (Å²) >= 11 is 0. The number of amides is 1. The maximum Gasteiger partial charge on any atom is 0.422 e. The van der Waals surface area contributed by atoms with Crippen LogP contribution in [-0.2, 0) is 6.54 Å². The van der Waals surface area contributed by atoms with Crippen LogP contribution in [-0.4, -0.2) is 33.6 Å². The van der Waals surface area contributed by atoms with E-state index in [1.807, 2.05) is 6.92 Å². The van der Waals surface area contributed by atoms with Gasteiger partial charge in [0.2, 0.25) is 5.88 Å². The van der Waals surface area contributed by atoms with E-state index in [1.165, 1.54) is 12.3 Å². The quantitative estimate of drug-likeness (QED) is 0.860. The van der Waals surface area contributed by atoms with Gasteiger partial charge in [-0.2, -0.15) is 13.2 Å². The fraction of sp³-hybridized carbons (Fsp3) is 0.312. The number of pyridine rings is 2. The lowest BCUT2D eigenvalue weighted by atomic mass is 10.1. The van der Waals surface area contributed by atoms with Gasteiger partial charge in [0.25, 0.3) is 5.91 Å².